The first-order valence-electron chi connectivity index (χ1n) is 14.4. The van der Waals surface area contributed by atoms with Crippen molar-refractivity contribution in [2.75, 3.05) is 16.7 Å². The zero-order valence-electron chi connectivity index (χ0n) is 25.8. The molecule has 0 aliphatic heterocycles. The minimum Gasteiger partial charge on any atom is -0.327 e. The van der Waals surface area contributed by atoms with E-state index in [0.29, 0.717) is 28.4 Å². The molecule has 2 heterocycles. The molecule has 12 heteroatoms. The lowest BCUT2D eigenvalue weighted by Crippen LogP contribution is -2.32. The number of aryl methyl sites for hydroxylation is 2. The lowest BCUT2D eigenvalue weighted by Gasteiger charge is -2.18. The molecule has 1 N–H and O–H groups in total. The summed E-state index contributed by atoms with van der Waals surface area (Å²) in [5.41, 5.74) is 4.09. The Morgan fingerprint density at radius 3 is 2.37 bits per heavy atom. The van der Waals surface area contributed by atoms with Gasteiger partial charge in [-0.25, -0.2) is 22.5 Å². The smallest absolute Gasteiger partial charge is 0.296 e. The Morgan fingerprint density at radius 2 is 1.65 bits per heavy atom. The molecule has 46 heavy (non-hydrogen) atoms. The van der Waals surface area contributed by atoms with Gasteiger partial charge in [-0.1, -0.05) is 24.3 Å². The summed E-state index contributed by atoms with van der Waals surface area (Å²) in [4.78, 5) is 31.3. The number of hydrogen-bond donors (Lipinski definition) is 1. The van der Waals surface area contributed by atoms with Gasteiger partial charge in [-0.15, -0.1) is 0 Å². The van der Waals surface area contributed by atoms with Crippen LogP contribution in [0.4, 0.5) is 15.8 Å². The van der Waals surface area contributed by atoms with Gasteiger partial charge in [0.15, 0.2) is 0 Å². The summed E-state index contributed by atoms with van der Waals surface area (Å²) in [7, 11) is 0.645. The third kappa shape index (κ3) is 5.16. The third-order valence-electron chi connectivity index (χ3n) is 8.17. The van der Waals surface area contributed by atoms with E-state index in [4.69, 9.17) is 0 Å². The van der Waals surface area contributed by atoms with Crippen molar-refractivity contribution in [3.8, 4) is 17.1 Å². The van der Waals surface area contributed by atoms with E-state index in [-0.39, 0.29) is 22.0 Å². The summed E-state index contributed by atoms with van der Waals surface area (Å²) >= 11 is 0. The lowest BCUT2D eigenvalue weighted by atomic mass is 10.1. The Balaban J connectivity index is 1.26. The van der Waals surface area contributed by atoms with Gasteiger partial charge in [-0.3, -0.25) is 18.6 Å². The summed E-state index contributed by atoms with van der Waals surface area (Å²) in [6.45, 7) is 3.51. The Kier molecular flexibility index (Phi) is 7.61. The van der Waals surface area contributed by atoms with Crippen LogP contribution in [0.3, 0.4) is 0 Å². The molecule has 0 atom stereocenters. The van der Waals surface area contributed by atoms with Gasteiger partial charge in [0.25, 0.3) is 21.5 Å². The van der Waals surface area contributed by atoms with Crippen molar-refractivity contribution in [1.82, 2.24) is 18.9 Å². The normalized spacial score (nSPS) is 11.6. The third-order valence-corrected chi connectivity index (χ3v) is 9.92. The number of hydrogen-bond acceptors (Lipinski definition) is 5. The number of anilines is 2. The fraction of sp³-hybridized carbons (Fsp3) is 0.147. The number of aromatic nitrogens is 4. The standard InChI is InChI=1S/C34H31FN6O4S/c1-21-18-23(32-36-29-20-25(35)15-17-30(29)38(32)3)14-16-28(21)37-33(42)24-10-9-13-27(19-24)46(44,45)40(5)31-22(2)39(4)41(34(31)43)26-11-7-6-8-12-26/h6-20H,1-5H3,(H,37,42). The van der Waals surface area contributed by atoms with Gasteiger partial charge in [0.1, 0.15) is 17.3 Å². The molecule has 0 aliphatic rings. The predicted molar refractivity (Wildman–Crippen MR) is 177 cm³/mol. The molecule has 0 radical (unpaired) electrons. The molecule has 0 unspecified atom stereocenters. The number of carbonyl (C=O) groups is 1. The summed E-state index contributed by atoms with van der Waals surface area (Å²) in [5, 5.41) is 2.86. The Labute approximate surface area is 265 Å². The molecule has 0 saturated carbocycles. The average Bonchev–Trinajstić information content (AvgIpc) is 3.48. The number of sulfonamides is 1. The Hall–Kier alpha value is -5.49. The highest BCUT2D eigenvalue weighted by Gasteiger charge is 2.29. The second kappa shape index (κ2) is 11.5. The van der Waals surface area contributed by atoms with Crippen molar-refractivity contribution >= 4 is 38.3 Å². The molecular weight excluding hydrogens is 607 g/mol. The monoisotopic (exact) mass is 638 g/mol. The highest BCUT2D eigenvalue weighted by molar-refractivity contribution is 7.92. The van der Waals surface area contributed by atoms with Crippen LogP contribution >= 0.6 is 0 Å². The van der Waals surface area contributed by atoms with Crippen LogP contribution in [-0.4, -0.2) is 40.3 Å². The van der Waals surface area contributed by atoms with E-state index in [1.54, 1.807) is 61.1 Å². The Morgan fingerprint density at radius 1 is 0.913 bits per heavy atom. The van der Waals surface area contributed by atoms with E-state index in [1.165, 1.54) is 48.1 Å². The summed E-state index contributed by atoms with van der Waals surface area (Å²) in [6.07, 6.45) is 0. The van der Waals surface area contributed by atoms with Crippen LogP contribution in [0.1, 0.15) is 21.6 Å². The SMILES string of the molecule is Cc1cc(-c2nc3cc(F)ccc3n2C)ccc1NC(=O)c1cccc(S(=O)(=O)N(C)c2c(C)n(C)n(-c3ccccc3)c2=O)c1. The van der Waals surface area contributed by atoms with Gasteiger partial charge >= 0.3 is 0 Å². The zero-order chi connectivity index (χ0) is 32.9. The molecule has 1 amide bonds. The molecule has 0 aliphatic carbocycles. The predicted octanol–water partition coefficient (Wildman–Crippen LogP) is 5.56. The van der Waals surface area contributed by atoms with Crippen molar-refractivity contribution in [2.24, 2.45) is 14.1 Å². The minimum atomic E-state index is -4.22. The van der Waals surface area contributed by atoms with Crippen molar-refractivity contribution in [2.45, 2.75) is 18.7 Å². The van der Waals surface area contributed by atoms with Crippen LogP contribution in [0.5, 0.6) is 0 Å². The number of rotatable bonds is 7. The molecule has 6 rings (SSSR count). The largest absolute Gasteiger partial charge is 0.327 e. The number of fused-ring (bicyclic) bond motifs is 1. The zero-order valence-corrected chi connectivity index (χ0v) is 26.6. The van der Waals surface area contributed by atoms with Crippen molar-refractivity contribution in [3.63, 3.8) is 0 Å². The second-order valence-corrected chi connectivity index (χ2v) is 13.0. The van der Waals surface area contributed by atoms with Gasteiger partial charge in [0.2, 0.25) is 0 Å². The van der Waals surface area contributed by atoms with E-state index in [1.807, 2.05) is 30.7 Å². The number of carbonyl (C=O) groups excluding carboxylic acids is 1. The quantitative estimate of drug-likeness (QED) is 0.246. The highest BCUT2D eigenvalue weighted by atomic mass is 32.2. The lowest BCUT2D eigenvalue weighted by molar-refractivity contribution is 0.102. The molecule has 4 aromatic carbocycles. The highest BCUT2D eigenvalue weighted by Crippen LogP contribution is 2.29. The average molecular weight is 639 g/mol. The molecule has 0 spiro atoms. The van der Waals surface area contributed by atoms with Gasteiger partial charge in [0, 0.05) is 44.0 Å². The van der Waals surface area contributed by atoms with Crippen LogP contribution in [0.15, 0.2) is 101 Å². The number of nitrogens with zero attached hydrogens (tertiary/aromatic N) is 5. The molecule has 0 bridgehead atoms. The number of benzene rings is 4. The first kappa shape index (κ1) is 30.5. The summed E-state index contributed by atoms with van der Waals surface area (Å²) in [5.74, 6) is -0.222. The maximum atomic E-state index is 13.8. The molecule has 0 saturated heterocycles. The van der Waals surface area contributed by atoms with Crippen LogP contribution in [0.25, 0.3) is 28.1 Å². The first-order valence-corrected chi connectivity index (χ1v) is 15.8. The number of nitrogens with one attached hydrogen (secondary N) is 1. The van der Waals surface area contributed by atoms with E-state index >= 15 is 0 Å². The maximum absolute atomic E-state index is 13.8. The Bertz CT molecular complexity index is 2320. The number of amides is 1. The van der Waals surface area contributed by atoms with Gasteiger partial charge in [0.05, 0.1) is 27.3 Å². The molecule has 2 aromatic heterocycles. The fourth-order valence-corrected chi connectivity index (χ4v) is 6.85. The molecule has 6 aromatic rings. The first-order chi connectivity index (χ1) is 21.9. The van der Waals surface area contributed by atoms with Crippen molar-refractivity contribution in [3.05, 3.63) is 124 Å². The molecular formula is C34H31FN6O4S. The van der Waals surface area contributed by atoms with E-state index in [2.05, 4.69) is 10.3 Å². The topological polar surface area (TPSA) is 111 Å². The van der Waals surface area contributed by atoms with Crippen LogP contribution < -0.4 is 15.2 Å². The summed E-state index contributed by atoms with van der Waals surface area (Å²) in [6, 6.07) is 24.5. The number of halogens is 1. The van der Waals surface area contributed by atoms with E-state index in [9.17, 15) is 22.4 Å². The van der Waals surface area contributed by atoms with Crippen LogP contribution in [-0.2, 0) is 24.1 Å². The van der Waals surface area contributed by atoms with Gasteiger partial charge < -0.3 is 9.88 Å². The molecule has 0 fully saturated rings. The second-order valence-electron chi connectivity index (χ2n) is 11.0. The van der Waals surface area contributed by atoms with Crippen molar-refractivity contribution in [1.29, 1.82) is 0 Å². The number of para-hydroxylation sites is 1. The maximum Gasteiger partial charge on any atom is 0.296 e. The number of imidazole rings is 1. The molecule has 10 nitrogen and oxygen atoms in total. The minimum absolute atomic E-state index is 0.00247. The van der Waals surface area contributed by atoms with Crippen LogP contribution in [0.2, 0.25) is 0 Å². The summed E-state index contributed by atoms with van der Waals surface area (Å²) < 4.78 is 47.1. The van der Waals surface area contributed by atoms with E-state index < -0.39 is 21.5 Å². The fourth-order valence-electron chi connectivity index (χ4n) is 5.56. The van der Waals surface area contributed by atoms with Crippen LogP contribution in [0, 0.1) is 19.7 Å². The van der Waals surface area contributed by atoms with E-state index in [0.717, 1.165) is 20.9 Å². The van der Waals surface area contributed by atoms with Gasteiger partial charge in [-0.2, -0.15) is 0 Å². The van der Waals surface area contributed by atoms with Crippen molar-refractivity contribution < 1.29 is 17.6 Å². The van der Waals surface area contributed by atoms with Gasteiger partial charge in [-0.05, 0) is 80.1 Å². The molecule has 234 valence electrons.